The van der Waals surface area contributed by atoms with Crippen LogP contribution in [0.4, 0.5) is 11.4 Å². The number of piperazine rings is 1. The zero-order chi connectivity index (χ0) is 13.2. The van der Waals surface area contributed by atoms with Crippen molar-refractivity contribution < 1.29 is 4.79 Å². The van der Waals surface area contributed by atoms with Crippen molar-refractivity contribution in [1.29, 1.82) is 0 Å². The number of nitrogens with one attached hydrogen (secondary N) is 1. The monoisotopic (exact) mass is 252 g/mol. The fourth-order valence-electron chi connectivity index (χ4n) is 2.21. The van der Waals surface area contributed by atoms with Crippen molar-refractivity contribution in [2.45, 2.75) is 0 Å². The SMILES string of the molecule is [C-]#[N+]c1cnc2cc(N3CCNCC3=O)ccc2c1. The van der Waals surface area contributed by atoms with Crippen molar-refractivity contribution in [3.8, 4) is 0 Å². The lowest BCUT2D eigenvalue weighted by Crippen LogP contribution is -2.48. The van der Waals surface area contributed by atoms with E-state index in [4.69, 9.17) is 6.57 Å². The molecule has 1 fully saturated rings. The van der Waals surface area contributed by atoms with E-state index in [1.54, 1.807) is 17.2 Å². The molecule has 1 aromatic carbocycles. The van der Waals surface area contributed by atoms with E-state index in [9.17, 15) is 4.79 Å². The van der Waals surface area contributed by atoms with Crippen LogP contribution in [0.2, 0.25) is 0 Å². The first-order valence-corrected chi connectivity index (χ1v) is 6.06. The molecule has 1 saturated heterocycles. The molecular formula is C14H12N4O. The first kappa shape index (κ1) is 11.6. The van der Waals surface area contributed by atoms with E-state index >= 15 is 0 Å². The van der Waals surface area contributed by atoms with Crippen LogP contribution < -0.4 is 10.2 Å². The molecule has 1 aliphatic rings. The molecule has 0 bridgehead atoms. The number of hydrogen-bond acceptors (Lipinski definition) is 3. The standard InChI is InChI=1S/C14H12N4O/c1-15-11-6-10-2-3-12(7-13(10)17-8-11)18-5-4-16-9-14(18)19/h2-3,6-8,16H,4-5,9H2. The Hall–Kier alpha value is -2.45. The highest BCUT2D eigenvalue weighted by molar-refractivity contribution is 5.97. The molecule has 0 atom stereocenters. The second-order valence-corrected chi connectivity index (χ2v) is 4.40. The molecule has 0 unspecified atom stereocenters. The van der Waals surface area contributed by atoms with Gasteiger partial charge < -0.3 is 10.2 Å². The molecule has 2 aromatic rings. The number of anilines is 1. The molecule has 0 saturated carbocycles. The van der Waals surface area contributed by atoms with Crippen LogP contribution in [0.15, 0.2) is 30.5 Å². The maximum Gasteiger partial charge on any atom is 0.240 e. The number of rotatable bonds is 1. The summed E-state index contributed by atoms with van der Waals surface area (Å²) in [6.45, 7) is 8.82. The van der Waals surface area contributed by atoms with Crippen LogP contribution in [0, 0.1) is 6.57 Å². The van der Waals surface area contributed by atoms with Crippen LogP contribution in [-0.2, 0) is 4.79 Å². The lowest BCUT2D eigenvalue weighted by Gasteiger charge is -2.27. The molecular weight excluding hydrogens is 240 g/mol. The number of pyridine rings is 1. The van der Waals surface area contributed by atoms with E-state index in [-0.39, 0.29) is 5.91 Å². The molecule has 1 amide bonds. The molecule has 5 heteroatoms. The van der Waals surface area contributed by atoms with Gasteiger partial charge in [-0.2, -0.15) is 0 Å². The average molecular weight is 252 g/mol. The third kappa shape index (κ3) is 2.14. The van der Waals surface area contributed by atoms with E-state index in [1.165, 1.54) is 0 Å². The second kappa shape index (κ2) is 4.67. The minimum absolute atomic E-state index is 0.0726. The Labute approximate surface area is 110 Å². The zero-order valence-electron chi connectivity index (χ0n) is 10.3. The van der Waals surface area contributed by atoms with Gasteiger partial charge in [-0.25, -0.2) is 4.85 Å². The summed E-state index contributed by atoms with van der Waals surface area (Å²) >= 11 is 0. The van der Waals surface area contributed by atoms with E-state index < -0.39 is 0 Å². The molecule has 0 spiro atoms. The van der Waals surface area contributed by atoms with Gasteiger partial charge in [-0.3, -0.25) is 9.78 Å². The van der Waals surface area contributed by atoms with Crippen molar-refractivity contribution in [2.24, 2.45) is 0 Å². The number of carbonyl (C=O) groups excluding carboxylic acids is 1. The minimum Gasteiger partial charge on any atom is -0.310 e. The van der Waals surface area contributed by atoms with E-state index in [0.29, 0.717) is 18.8 Å². The molecule has 1 aliphatic heterocycles. The van der Waals surface area contributed by atoms with Gasteiger partial charge in [0.1, 0.15) is 0 Å². The summed E-state index contributed by atoms with van der Waals surface area (Å²) < 4.78 is 0. The summed E-state index contributed by atoms with van der Waals surface area (Å²) in [7, 11) is 0. The third-order valence-electron chi connectivity index (χ3n) is 3.18. The summed E-state index contributed by atoms with van der Waals surface area (Å²) in [4.78, 5) is 21.2. The summed E-state index contributed by atoms with van der Waals surface area (Å²) in [6.07, 6.45) is 1.55. The van der Waals surface area contributed by atoms with Crippen molar-refractivity contribution in [2.75, 3.05) is 24.5 Å². The van der Waals surface area contributed by atoms with Gasteiger partial charge in [0.05, 0.1) is 18.6 Å². The van der Waals surface area contributed by atoms with Crippen LogP contribution >= 0.6 is 0 Å². The predicted octanol–water partition coefficient (Wildman–Crippen LogP) is 1.72. The Morgan fingerprint density at radius 2 is 2.26 bits per heavy atom. The smallest absolute Gasteiger partial charge is 0.240 e. The topological polar surface area (TPSA) is 49.6 Å². The highest BCUT2D eigenvalue weighted by Crippen LogP contribution is 2.24. The number of amides is 1. The van der Waals surface area contributed by atoms with Gasteiger partial charge in [0.25, 0.3) is 0 Å². The fourth-order valence-corrected chi connectivity index (χ4v) is 2.21. The number of hydrogen-bond donors (Lipinski definition) is 1. The van der Waals surface area contributed by atoms with E-state index in [2.05, 4.69) is 15.1 Å². The fraction of sp³-hybridized carbons (Fsp3) is 0.214. The highest BCUT2D eigenvalue weighted by Gasteiger charge is 2.19. The van der Waals surface area contributed by atoms with Gasteiger partial charge in [-0.1, -0.05) is 6.07 Å². The summed E-state index contributed by atoms with van der Waals surface area (Å²) in [5, 5.41) is 3.96. The molecule has 2 heterocycles. The first-order chi connectivity index (χ1) is 9.28. The minimum atomic E-state index is 0.0726. The van der Waals surface area contributed by atoms with Crippen molar-refractivity contribution >= 4 is 28.2 Å². The zero-order valence-corrected chi connectivity index (χ0v) is 10.3. The third-order valence-corrected chi connectivity index (χ3v) is 3.18. The number of fused-ring (bicyclic) bond motifs is 1. The molecule has 0 aliphatic carbocycles. The number of benzene rings is 1. The van der Waals surface area contributed by atoms with Gasteiger partial charge in [0, 0.05) is 25.0 Å². The predicted molar refractivity (Wildman–Crippen MR) is 73.2 cm³/mol. The van der Waals surface area contributed by atoms with E-state index in [0.717, 1.165) is 23.1 Å². The Morgan fingerprint density at radius 1 is 1.37 bits per heavy atom. The maximum atomic E-state index is 11.8. The van der Waals surface area contributed by atoms with Crippen molar-refractivity contribution in [3.63, 3.8) is 0 Å². The Bertz CT molecular complexity index is 689. The van der Waals surface area contributed by atoms with Crippen LogP contribution in [0.3, 0.4) is 0 Å². The number of carbonyl (C=O) groups is 1. The summed E-state index contributed by atoms with van der Waals surface area (Å²) in [6, 6.07) is 7.51. The van der Waals surface area contributed by atoms with Crippen LogP contribution in [0.25, 0.3) is 15.7 Å². The van der Waals surface area contributed by atoms with Gasteiger partial charge in [0.15, 0.2) is 0 Å². The Balaban J connectivity index is 2.02. The lowest BCUT2D eigenvalue weighted by molar-refractivity contribution is -0.118. The van der Waals surface area contributed by atoms with E-state index in [1.807, 2.05) is 18.2 Å². The van der Waals surface area contributed by atoms with Crippen LogP contribution in [0.1, 0.15) is 0 Å². The molecule has 1 aromatic heterocycles. The first-order valence-electron chi connectivity index (χ1n) is 6.06. The van der Waals surface area contributed by atoms with Gasteiger partial charge in [0.2, 0.25) is 11.6 Å². The van der Waals surface area contributed by atoms with Crippen molar-refractivity contribution in [3.05, 3.63) is 41.9 Å². The molecule has 0 radical (unpaired) electrons. The highest BCUT2D eigenvalue weighted by atomic mass is 16.2. The molecule has 3 rings (SSSR count). The second-order valence-electron chi connectivity index (χ2n) is 4.40. The van der Waals surface area contributed by atoms with Crippen LogP contribution in [0.5, 0.6) is 0 Å². The van der Waals surface area contributed by atoms with Gasteiger partial charge in [-0.15, -0.1) is 0 Å². The van der Waals surface area contributed by atoms with Gasteiger partial charge >= 0.3 is 0 Å². The molecule has 19 heavy (non-hydrogen) atoms. The Kier molecular flexibility index (Phi) is 2.86. The number of aromatic nitrogens is 1. The molecule has 94 valence electrons. The quantitative estimate of drug-likeness (QED) is 0.786. The van der Waals surface area contributed by atoms with Gasteiger partial charge in [-0.05, 0) is 23.6 Å². The van der Waals surface area contributed by atoms with Crippen molar-refractivity contribution in [1.82, 2.24) is 10.3 Å². The largest absolute Gasteiger partial charge is 0.310 e. The molecule has 5 nitrogen and oxygen atoms in total. The average Bonchev–Trinajstić information content (AvgIpc) is 2.46. The van der Waals surface area contributed by atoms with Crippen LogP contribution in [-0.4, -0.2) is 30.5 Å². The summed E-state index contributed by atoms with van der Waals surface area (Å²) in [5.74, 6) is 0.0726. The summed E-state index contributed by atoms with van der Waals surface area (Å²) in [5.41, 5.74) is 2.19. The maximum absolute atomic E-state index is 11.8. The number of nitrogens with zero attached hydrogens (tertiary/aromatic N) is 3. The molecule has 1 N–H and O–H groups in total. The lowest BCUT2D eigenvalue weighted by atomic mass is 10.1. The Morgan fingerprint density at radius 3 is 3.05 bits per heavy atom. The normalized spacial score (nSPS) is 15.5.